The van der Waals surface area contributed by atoms with Gasteiger partial charge in [-0.05, 0) is 43.5 Å². The molecule has 0 spiro atoms. The van der Waals surface area contributed by atoms with E-state index in [2.05, 4.69) is 76.1 Å². The van der Waals surface area contributed by atoms with E-state index < -0.39 is 0 Å². The van der Waals surface area contributed by atoms with E-state index in [0.717, 1.165) is 27.1 Å². The summed E-state index contributed by atoms with van der Waals surface area (Å²) in [6.07, 6.45) is 3.22. The Hall–Kier alpha value is -1.56. The minimum absolute atomic E-state index is 0.264. The van der Waals surface area contributed by atoms with Gasteiger partial charge in [0.15, 0.2) is 5.82 Å². The SMILES string of the molecule is C[C@@H]1C=C(c2nc3c(F)cc(Br)cc3s2)C[C@H](C)N1Cc1ccccc1. The Morgan fingerprint density at radius 3 is 2.73 bits per heavy atom. The lowest BCUT2D eigenvalue weighted by Crippen LogP contribution is -2.41. The van der Waals surface area contributed by atoms with Gasteiger partial charge in [0.1, 0.15) is 10.5 Å². The van der Waals surface area contributed by atoms with Crippen molar-refractivity contribution in [1.29, 1.82) is 0 Å². The number of nitrogens with zero attached hydrogens (tertiary/aromatic N) is 2. The molecule has 2 atom stereocenters. The fourth-order valence-corrected chi connectivity index (χ4v) is 5.27. The Morgan fingerprint density at radius 1 is 1.23 bits per heavy atom. The van der Waals surface area contributed by atoms with Crippen molar-refractivity contribution in [3.8, 4) is 0 Å². The van der Waals surface area contributed by atoms with Crippen molar-refractivity contribution in [2.24, 2.45) is 0 Å². The van der Waals surface area contributed by atoms with Crippen molar-refractivity contribution in [2.75, 3.05) is 0 Å². The fourth-order valence-electron chi connectivity index (χ4n) is 3.64. The standard InChI is InChI=1S/C21H20BrFN2S/c1-13-8-16(9-14(2)25(13)12-15-6-4-3-5-7-15)21-24-20-18(23)10-17(22)11-19(20)26-21/h3-8,10-11,13-14H,9,12H2,1-2H3/t13-,14+/m1/s1. The van der Waals surface area contributed by atoms with Crippen LogP contribution in [0, 0.1) is 5.82 Å². The van der Waals surface area contributed by atoms with E-state index >= 15 is 0 Å². The second kappa shape index (κ2) is 7.22. The topological polar surface area (TPSA) is 16.1 Å². The maximum atomic E-state index is 14.2. The van der Waals surface area contributed by atoms with E-state index in [1.165, 1.54) is 17.2 Å². The summed E-state index contributed by atoms with van der Waals surface area (Å²) < 4.78 is 15.8. The van der Waals surface area contributed by atoms with Gasteiger partial charge in [0.2, 0.25) is 0 Å². The molecule has 2 aromatic carbocycles. The van der Waals surface area contributed by atoms with Gasteiger partial charge in [-0.15, -0.1) is 11.3 Å². The first-order chi connectivity index (χ1) is 12.5. The molecular formula is C21H20BrFN2S. The molecule has 0 aliphatic carbocycles. The number of hydrogen-bond donors (Lipinski definition) is 0. The molecule has 0 bridgehead atoms. The van der Waals surface area contributed by atoms with E-state index in [1.54, 1.807) is 11.3 Å². The fraction of sp³-hybridized carbons (Fsp3) is 0.286. The molecule has 26 heavy (non-hydrogen) atoms. The quantitative estimate of drug-likeness (QED) is 0.486. The van der Waals surface area contributed by atoms with E-state index in [-0.39, 0.29) is 5.82 Å². The van der Waals surface area contributed by atoms with Crippen LogP contribution in [0.1, 0.15) is 30.8 Å². The Morgan fingerprint density at radius 2 is 2.00 bits per heavy atom. The first-order valence-electron chi connectivity index (χ1n) is 8.77. The number of thiazole rings is 1. The van der Waals surface area contributed by atoms with Crippen molar-refractivity contribution in [2.45, 2.75) is 38.9 Å². The van der Waals surface area contributed by atoms with Crippen LogP contribution in [0.4, 0.5) is 4.39 Å². The smallest absolute Gasteiger partial charge is 0.151 e. The zero-order valence-electron chi connectivity index (χ0n) is 14.7. The first kappa shape index (κ1) is 17.8. The maximum Gasteiger partial charge on any atom is 0.151 e. The zero-order chi connectivity index (χ0) is 18.3. The molecule has 1 aromatic heterocycles. The van der Waals surface area contributed by atoms with Gasteiger partial charge in [0.05, 0.1) is 4.70 Å². The molecule has 1 aliphatic rings. The second-order valence-electron chi connectivity index (χ2n) is 6.90. The summed E-state index contributed by atoms with van der Waals surface area (Å²) in [5, 5.41) is 0.940. The Kier molecular flexibility index (Phi) is 4.95. The highest BCUT2D eigenvalue weighted by atomic mass is 79.9. The van der Waals surface area contributed by atoms with Crippen LogP contribution in [-0.4, -0.2) is 22.0 Å². The van der Waals surface area contributed by atoms with Crippen LogP contribution in [0.25, 0.3) is 15.8 Å². The summed E-state index contributed by atoms with van der Waals surface area (Å²) in [5.41, 5.74) is 3.03. The van der Waals surface area contributed by atoms with Crippen molar-refractivity contribution in [3.63, 3.8) is 0 Å². The summed E-state index contributed by atoms with van der Waals surface area (Å²) >= 11 is 4.94. The van der Waals surface area contributed by atoms with E-state index in [9.17, 15) is 4.39 Å². The number of fused-ring (bicyclic) bond motifs is 1. The molecule has 1 aliphatic heterocycles. The summed E-state index contributed by atoms with van der Waals surface area (Å²) in [6.45, 7) is 5.42. The van der Waals surface area contributed by atoms with E-state index in [0.29, 0.717) is 17.6 Å². The number of aromatic nitrogens is 1. The van der Waals surface area contributed by atoms with Crippen molar-refractivity contribution < 1.29 is 4.39 Å². The molecule has 2 nitrogen and oxygen atoms in total. The number of rotatable bonds is 3. The minimum atomic E-state index is -0.264. The Balaban J connectivity index is 1.63. The molecule has 3 aromatic rings. The van der Waals surface area contributed by atoms with Crippen molar-refractivity contribution in [3.05, 3.63) is 69.4 Å². The highest BCUT2D eigenvalue weighted by Crippen LogP contribution is 2.36. The van der Waals surface area contributed by atoms with Gasteiger partial charge in [-0.2, -0.15) is 0 Å². The highest BCUT2D eigenvalue weighted by molar-refractivity contribution is 9.10. The zero-order valence-corrected chi connectivity index (χ0v) is 17.1. The molecule has 0 saturated heterocycles. The highest BCUT2D eigenvalue weighted by Gasteiger charge is 2.27. The van der Waals surface area contributed by atoms with Crippen LogP contribution >= 0.6 is 27.3 Å². The first-order valence-corrected chi connectivity index (χ1v) is 10.4. The summed E-state index contributed by atoms with van der Waals surface area (Å²) in [6, 6.07) is 14.7. The molecular weight excluding hydrogens is 411 g/mol. The van der Waals surface area contributed by atoms with Gasteiger partial charge in [-0.1, -0.05) is 52.3 Å². The largest absolute Gasteiger partial charge is 0.290 e. The predicted octanol–water partition coefficient (Wildman–Crippen LogP) is 6.26. The molecule has 5 heteroatoms. The predicted molar refractivity (Wildman–Crippen MR) is 111 cm³/mol. The van der Waals surface area contributed by atoms with Gasteiger partial charge >= 0.3 is 0 Å². The van der Waals surface area contributed by atoms with Crippen LogP contribution in [0.5, 0.6) is 0 Å². The van der Waals surface area contributed by atoms with E-state index in [1.807, 2.05) is 6.07 Å². The molecule has 4 rings (SSSR count). The average molecular weight is 431 g/mol. The molecule has 0 fully saturated rings. The van der Waals surface area contributed by atoms with Gasteiger partial charge < -0.3 is 0 Å². The minimum Gasteiger partial charge on any atom is -0.290 e. The number of hydrogen-bond acceptors (Lipinski definition) is 3. The third kappa shape index (κ3) is 3.48. The van der Waals surface area contributed by atoms with Crippen LogP contribution in [0.2, 0.25) is 0 Å². The summed E-state index contributed by atoms with van der Waals surface area (Å²) in [7, 11) is 0. The maximum absolute atomic E-state index is 14.2. The molecule has 0 unspecified atom stereocenters. The third-order valence-corrected chi connectivity index (χ3v) is 6.48. The summed E-state index contributed by atoms with van der Waals surface area (Å²) in [4.78, 5) is 7.09. The monoisotopic (exact) mass is 430 g/mol. The molecule has 134 valence electrons. The van der Waals surface area contributed by atoms with E-state index in [4.69, 9.17) is 0 Å². The van der Waals surface area contributed by atoms with Crippen LogP contribution in [0.3, 0.4) is 0 Å². The van der Waals surface area contributed by atoms with Crippen LogP contribution in [-0.2, 0) is 6.54 Å². The normalized spacial score (nSPS) is 21.2. The Labute approximate surface area is 165 Å². The average Bonchev–Trinajstić information content (AvgIpc) is 3.03. The summed E-state index contributed by atoms with van der Waals surface area (Å²) in [5.74, 6) is -0.264. The molecule has 0 saturated carbocycles. The van der Waals surface area contributed by atoms with Gasteiger partial charge in [-0.3, -0.25) is 4.90 Å². The van der Waals surface area contributed by atoms with Gasteiger partial charge in [-0.25, -0.2) is 9.37 Å². The van der Waals surface area contributed by atoms with Gasteiger partial charge in [0.25, 0.3) is 0 Å². The lowest BCUT2D eigenvalue weighted by atomic mass is 9.96. The number of benzene rings is 2. The third-order valence-electron chi connectivity index (χ3n) is 4.94. The molecule has 0 amide bonds. The van der Waals surface area contributed by atoms with Gasteiger partial charge in [0, 0.05) is 23.1 Å². The lowest BCUT2D eigenvalue weighted by molar-refractivity contribution is 0.165. The molecule has 0 N–H and O–H groups in total. The van der Waals surface area contributed by atoms with Crippen molar-refractivity contribution >= 4 is 43.1 Å². The molecule has 0 radical (unpaired) electrons. The lowest BCUT2D eigenvalue weighted by Gasteiger charge is -2.37. The molecule has 2 heterocycles. The second-order valence-corrected chi connectivity index (χ2v) is 8.84. The number of halogens is 2. The van der Waals surface area contributed by atoms with Crippen molar-refractivity contribution in [1.82, 2.24) is 9.88 Å². The van der Waals surface area contributed by atoms with Crippen LogP contribution in [0.15, 0.2) is 53.0 Å². The Bertz CT molecular complexity index is 967. The van der Waals surface area contributed by atoms with Crippen LogP contribution < -0.4 is 0 Å².